The molecule has 0 aliphatic rings. The summed E-state index contributed by atoms with van der Waals surface area (Å²) in [6, 6.07) is 7.60. The number of halogens is 1. The van der Waals surface area contributed by atoms with Crippen LogP contribution in [-0.4, -0.2) is 54.2 Å². The fourth-order valence-corrected chi connectivity index (χ4v) is 3.29. The SMILES string of the molecule is CNC(=O)C(O)c1c(C(=O)NCCOC)c(=O)[nH]c2cc(Cc3ccc(F)cc3)cnc12. The Hall–Kier alpha value is -3.63. The van der Waals surface area contributed by atoms with Crippen LogP contribution in [-0.2, 0) is 16.0 Å². The highest BCUT2D eigenvalue weighted by Crippen LogP contribution is 2.25. The first-order chi connectivity index (χ1) is 15.3. The molecule has 0 radical (unpaired) electrons. The van der Waals surface area contributed by atoms with Crippen molar-refractivity contribution < 1.29 is 23.8 Å². The number of carbonyl (C=O) groups excluding carboxylic acids is 2. The van der Waals surface area contributed by atoms with Crippen molar-refractivity contribution in [3.63, 3.8) is 0 Å². The maximum absolute atomic E-state index is 13.1. The Morgan fingerprint density at radius 3 is 2.62 bits per heavy atom. The number of rotatable bonds is 8. The molecule has 0 bridgehead atoms. The van der Waals surface area contributed by atoms with Gasteiger partial charge in [0, 0.05) is 32.5 Å². The number of nitrogens with one attached hydrogen (secondary N) is 3. The van der Waals surface area contributed by atoms with E-state index in [1.54, 1.807) is 18.2 Å². The number of aromatic amines is 1. The molecule has 3 rings (SSSR count). The quantitative estimate of drug-likeness (QED) is 0.382. The Morgan fingerprint density at radius 1 is 1.25 bits per heavy atom. The van der Waals surface area contributed by atoms with Gasteiger partial charge in [0.05, 0.1) is 17.6 Å². The summed E-state index contributed by atoms with van der Waals surface area (Å²) in [6.45, 7) is 0.349. The van der Waals surface area contributed by atoms with E-state index in [2.05, 4.69) is 20.6 Å². The van der Waals surface area contributed by atoms with Gasteiger partial charge in [0.25, 0.3) is 17.4 Å². The highest BCUT2D eigenvalue weighted by atomic mass is 19.1. The first-order valence-corrected chi connectivity index (χ1v) is 9.81. The molecule has 0 spiro atoms. The maximum Gasteiger partial charge on any atom is 0.261 e. The number of pyridine rings is 2. The van der Waals surface area contributed by atoms with Crippen LogP contribution >= 0.6 is 0 Å². The zero-order valence-corrected chi connectivity index (χ0v) is 17.6. The molecule has 9 nitrogen and oxygen atoms in total. The van der Waals surface area contributed by atoms with E-state index in [0.717, 1.165) is 5.56 Å². The van der Waals surface area contributed by atoms with Crippen molar-refractivity contribution in [1.29, 1.82) is 0 Å². The van der Waals surface area contributed by atoms with Crippen LogP contribution in [0.2, 0.25) is 0 Å². The molecule has 0 fully saturated rings. The van der Waals surface area contributed by atoms with Gasteiger partial charge in [0.1, 0.15) is 11.4 Å². The molecule has 1 atom stereocenters. The molecule has 3 aromatic rings. The highest BCUT2D eigenvalue weighted by Gasteiger charge is 2.29. The van der Waals surface area contributed by atoms with Crippen LogP contribution in [0.1, 0.15) is 33.2 Å². The molecule has 1 aromatic carbocycles. The molecule has 0 saturated carbocycles. The number of nitrogens with zero attached hydrogens (tertiary/aromatic N) is 1. The van der Waals surface area contributed by atoms with Gasteiger partial charge in [0.2, 0.25) is 0 Å². The Balaban J connectivity index is 2.09. The van der Waals surface area contributed by atoms with Gasteiger partial charge in [-0.3, -0.25) is 19.4 Å². The molecule has 4 N–H and O–H groups in total. The van der Waals surface area contributed by atoms with E-state index >= 15 is 0 Å². The van der Waals surface area contributed by atoms with Crippen LogP contribution in [0.4, 0.5) is 4.39 Å². The van der Waals surface area contributed by atoms with E-state index in [4.69, 9.17) is 4.74 Å². The van der Waals surface area contributed by atoms with Crippen molar-refractivity contribution in [2.45, 2.75) is 12.5 Å². The number of aromatic nitrogens is 2. The predicted molar refractivity (Wildman–Crippen MR) is 115 cm³/mol. The number of aliphatic hydroxyl groups is 1. The van der Waals surface area contributed by atoms with Crippen LogP contribution in [0.15, 0.2) is 41.3 Å². The predicted octanol–water partition coefficient (Wildman–Crippen LogP) is 0.809. The minimum absolute atomic E-state index is 0.112. The molecule has 0 saturated heterocycles. The zero-order valence-electron chi connectivity index (χ0n) is 17.6. The summed E-state index contributed by atoms with van der Waals surface area (Å²) in [6.07, 6.45) is 0.137. The zero-order chi connectivity index (χ0) is 23.3. The highest BCUT2D eigenvalue weighted by molar-refractivity contribution is 6.02. The van der Waals surface area contributed by atoms with E-state index < -0.39 is 29.0 Å². The molecule has 1 unspecified atom stereocenters. The standard InChI is InChI=1S/C22H23FN4O5/c1-24-22(31)19(28)16-17(20(29)25-7-8-32-2)21(30)27-15-10-13(11-26-18(15)16)9-12-3-5-14(23)6-4-12/h3-6,10-11,19,28H,7-9H2,1-2H3,(H,24,31)(H,25,29)(H,27,30). The summed E-state index contributed by atoms with van der Waals surface area (Å²) in [5, 5.41) is 15.4. The first-order valence-electron chi connectivity index (χ1n) is 9.81. The number of ether oxygens (including phenoxy) is 1. The minimum atomic E-state index is -1.79. The number of hydrogen-bond donors (Lipinski definition) is 4. The largest absolute Gasteiger partial charge is 0.383 e. The summed E-state index contributed by atoms with van der Waals surface area (Å²) in [7, 11) is 2.79. The normalized spacial score (nSPS) is 11.9. The van der Waals surface area contributed by atoms with Crippen LogP contribution in [0.3, 0.4) is 0 Å². The molecular weight excluding hydrogens is 419 g/mol. The molecule has 32 heavy (non-hydrogen) atoms. The molecule has 2 heterocycles. The summed E-state index contributed by atoms with van der Waals surface area (Å²) < 4.78 is 18.0. The van der Waals surface area contributed by atoms with Gasteiger partial charge in [-0.25, -0.2) is 4.39 Å². The van der Waals surface area contributed by atoms with Gasteiger partial charge in [-0.05, 0) is 35.7 Å². The number of hydrogen-bond acceptors (Lipinski definition) is 6. The fraction of sp³-hybridized carbons (Fsp3) is 0.273. The summed E-state index contributed by atoms with van der Waals surface area (Å²) in [4.78, 5) is 44.5. The smallest absolute Gasteiger partial charge is 0.261 e. The number of likely N-dealkylation sites (N-methyl/N-ethyl adjacent to an activating group) is 1. The third-order valence-corrected chi connectivity index (χ3v) is 4.85. The second kappa shape index (κ2) is 10.1. The lowest BCUT2D eigenvalue weighted by molar-refractivity contribution is -0.129. The second-order valence-corrected chi connectivity index (χ2v) is 7.05. The average Bonchev–Trinajstić information content (AvgIpc) is 2.78. The number of carbonyl (C=O) groups is 2. The molecular formula is C22H23FN4O5. The van der Waals surface area contributed by atoms with E-state index in [1.807, 2.05) is 0 Å². The molecule has 2 amide bonds. The van der Waals surface area contributed by atoms with Crippen molar-refractivity contribution in [3.8, 4) is 0 Å². The molecule has 0 aliphatic heterocycles. The average molecular weight is 442 g/mol. The van der Waals surface area contributed by atoms with Gasteiger partial charge in [-0.1, -0.05) is 12.1 Å². The lowest BCUT2D eigenvalue weighted by Gasteiger charge is -2.16. The first kappa shape index (κ1) is 23.0. The second-order valence-electron chi connectivity index (χ2n) is 7.05. The number of H-pyrrole nitrogens is 1. The van der Waals surface area contributed by atoms with E-state index in [9.17, 15) is 23.9 Å². The third kappa shape index (κ3) is 4.98. The number of fused-ring (bicyclic) bond motifs is 1. The van der Waals surface area contributed by atoms with Gasteiger partial charge >= 0.3 is 0 Å². The Morgan fingerprint density at radius 2 is 1.97 bits per heavy atom. The fourth-order valence-electron chi connectivity index (χ4n) is 3.29. The van der Waals surface area contributed by atoms with E-state index in [1.165, 1.54) is 32.5 Å². The topological polar surface area (TPSA) is 133 Å². The van der Waals surface area contributed by atoms with Gasteiger partial charge in [-0.2, -0.15) is 0 Å². The lowest BCUT2D eigenvalue weighted by atomic mass is 9.99. The van der Waals surface area contributed by atoms with Gasteiger partial charge in [-0.15, -0.1) is 0 Å². The molecule has 10 heteroatoms. The molecule has 2 aromatic heterocycles. The third-order valence-electron chi connectivity index (χ3n) is 4.85. The van der Waals surface area contributed by atoms with Crippen LogP contribution in [0.5, 0.6) is 0 Å². The Kier molecular flexibility index (Phi) is 7.29. The Bertz CT molecular complexity index is 1190. The van der Waals surface area contributed by atoms with Crippen LogP contribution in [0.25, 0.3) is 11.0 Å². The maximum atomic E-state index is 13.1. The van der Waals surface area contributed by atoms with Crippen molar-refractivity contribution in [2.24, 2.45) is 0 Å². The van der Waals surface area contributed by atoms with Crippen molar-refractivity contribution in [2.75, 3.05) is 27.3 Å². The number of amides is 2. The number of benzene rings is 1. The number of methoxy groups -OCH3 is 1. The van der Waals surface area contributed by atoms with E-state index in [-0.39, 0.29) is 35.6 Å². The van der Waals surface area contributed by atoms with E-state index in [0.29, 0.717) is 12.0 Å². The minimum Gasteiger partial charge on any atom is -0.383 e. The van der Waals surface area contributed by atoms with Crippen molar-refractivity contribution in [3.05, 3.63) is 75.0 Å². The van der Waals surface area contributed by atoms with Crippen molar-refractivity contribution >= 4 is 22.8 Å². The van der Waals surface area contributed by atoms with Gasteiger partial charge in [0.15, 0.2) is 6.10 Å². The summed E-state index contributed by atoms with van der Waals surface area (Å²) in [5.74, 6) is -1.90. The lowest BCUT2D eigenvalue weighted by Crippen LogP contribution is -2.36. The summed E-state index contributed by atoms with van der Waals surface area (Å²) >= 11 is 0. The van der Waals surface area contributed by atoms with Crippen LogP contribution < -0.4 is 16.2 Å². The Labute approximate surface area is 182 Å². The monoisotopic (exact) mass is 442 g/mol. The molecule has 168 valence electrons. The summed E-state index contributed by atoms with van der Waals surface area (Å²) in [5.41, 5.74) is 0.537. The van der Waals surface area contributed by atoms with Gasteiger partial charge < -0.3 is 25.5 Å². The number of aliphatic hydroxyl groups excluding tert-OH is 1. The van der Waals surface area contributed by atoms with Crippen LogP contribution in [0, 0.1) is 5.82 Å². The van der Waals surface area contributed by atoms with Crippen molar-refractivity contribution in [1.82, 2.24) is 20.6 Å². The molecule has 0 aliphatic carbocycles.